The van der Waals surface area contributed by atoms with Crippen LogP contribution >= 0.6 is 11.8 Å². The Balaban J connectivity index is 1.70. The van der Waals surface area contributed by atoms with Crippen LogP contribution in [0.25, 0.3) is 0 Å². The van der Waals surface area contributed by atoms with Crippen LogP contribution in [0, 0.1) is 5.92 Å². The zero-order valence-corrected chi connectivity index (χ0v) is 13.0. The van der Waals surface area contributed by atoms with Crippen LogP contribution in [0.15, 0.2) is 0 Å². The predicted octanol–water partition coefficient (Wildman–Crippen LogP) is 2.51. The summed E-state index contributed by atoms with van der Waals surface area (Å²) in [7, 11) is 0. The van der Waals surface area contributed by atoms with E-state index in [2.05, 4.69) is 17.1 Å². The molecule has 2 fully saturated rings. The molecular weight excluding hydrogens is 256 g/mol. The zero-order chi connectivity index (χ0) is 13.5. The number of piperidine rings is 1. The van der Waals surface area contributed by atoms with Gasteiger partial charge in [0.05, 0.1) is 5.75 Å². The first-order valence-corrected chi connectivity index (χ1v) is 8.94. The van der Waals surface area contributed by atoms with Crippen LogP contribution in [0.5, 0.6) is 0 Å². The highest BCUT2D eigenvalue weighted by Gasteiger charge is 2.21. The minimum atomic E-state index is 0.375. The quantitative estimate of drug-likeness (QED) is 0.861. The maximum absolute atomic E-state index is 12.3. The monoisotopic (exact) mass is 284 g/mol. The van der Waals surface area contributed by atoms with Gasteiger partial charge in [-0.25, -0.2) is 0 Å². The standard InChI is InChI=1S/C15H28N2OS/c1-2-13-4-3-10-17(11-7-13)15(18)12-19-14-5-8-16-9-6-14/h13-14,16H,2-12H2,1H3. The summed E-state index contributed by atoms with van der Waals surface area (Å²) < 4.78 is 0. The van der Waals surface area contributed by atoms with Crippen LogP contribution in [-0.4, -0.2) is 48.0 Å². The van der Waals surface area contributed by atoms with Gasteiger partial charge in [-0.2, -0.15) is 0 Å². The van der Waals surface area contributed by atoms with Gasteiger partial charge in [0.25, 0.3) is 0 Å². The lowest BCUT2D eigenvalue weighted by atomic mass is 9.98. The van der Waals surface area contributed by atoms with Crippen molar-refractivity contribution in [3.05, 3.63) is 0 Å². The highest BCUT2D eigenvalue weighted by atomic mass is 32.2. The van der Waals surface area contributed by atoms with Crippen molar-refractivity contribution in [1.29, 1.82) is 0 Å². The Morgan fingerprint density at radius 3 is 2.74 bits per heavy atom. The first-order chi connectivity index (χ1) is 9.29. The molecular formula is C15H28N2OS. The lowest BCUT2D eigenvalue weighted by Gasteiger charge is -2.24. The van der Waals surface area contributed by atoms with E-state index in [0.717, 1.165) is 32.1 Å². The van der Waals surface area contributed by atoms with E-state index in [1.165, 1.54) is 38.5 Å². The molecule has 110 valence electrons. The van der Waals surface area contributed by atoms with Crippen molar-refractivity contribution >= 4 is 17.7 Å². The van der Waals surface area contributed by atoms with E-state index >= 15 is 0 Å². The van der Waals surface area contributed by atoms with E-state index in [1.54, 1.807) is 0 Å². The van der Waals surface area contributed by atoms with E-state index < -0.39 is 0 Å². The smallest absolute Gasteiger partial charge is 0.232 e. The van der Waals surface area contributed by atoms with Gasteiger partial charge in [0.15, 0.2) is 0 Å². The summed E-state index contributed by atoms with van der Waals surface area (Å²) in [6, 6.07) is 0. The van der Waals surface area contributed by atoms with E-state index in [-0.39, 0.29) is 0 Å². The number of carbonyl (C=O) groups excluding carboxylic acids is 1. The highest BCUT2D eigenvalue weighted by Crippen LogP contribution is 2.23. The predicted molar refractivity (Wildman–Crippen MR) is 82.6 cm³/mol. The third kappa shape index (κ3) is 4.99. The second-order valence-corrected chi connectivity index (χ2v) is 7.14. The molecule has 0 aromatic carbocycles. The van der Waals surface area contributed by atoms with E-state index in [0.29, 0.717) is 16.9 Å². The van der Waals surface area contributed by atoms with Crippen LogP contribution in [0.1, 0.15) is 45.4 Å². The summed E-state index contributed by atoms with van der Waals surface area (Å²) in [6.45, 7) is 6.49. The number of likely N-dealkylation sites (tertiary alicyclic amines) is 1. The Morgan fingerprint density at radius 1 is 1.21 bits per heavy atom. The fraction of sp³-hybridized carbons (Fsp3) is 0.933. The molecule has 0 radical (unpaired) electrons. The molecule has 0 aromatic heterocycles. The van der Waals surface area contributed by atoms with Crippen LogP contribution in [-0.2, 0) is 4.79 Å². The van der Waals surface area contributed by atoms with Gasteiger partial charge in [-0.05, 0) is 51.1 Å². The second kappa shape index (κ2) is 8.15. The Hall–Kier alpha value is -0.220. The lowest BCUT2D eigenvalue weighted by Crippen LogP contribution is -2.35. The SMILES string of the molecule is CCC1CCCN(C(=O)CSC2CCNCC2)CC1. The van der Waals surface area contributed by atoms with Crippen molar-refractivity contribution in [2.75, 3.05) is 31.9 Å². The summed E-state index contributed by atoms with van der Waals surface area (Å²) in [5.41, 5.74) is 0. The van der Waals surface area contributed by atoms with Crippen molar-refractivity contribution in [2.24, 2.45) is 5.92 Å². The highest BCUT2D eigenvalue weighted by molar-refractivity contribution is 8.00. The molecule has 0 aliphatic carbocycles. The molecule has 0 bridgehead atoms. The fourth-order valence-electron chi connectivity index (χ4n) is 3.07. The summed E-state index contributed by atoms with van der Waals surface area (Å²) in [5, 5.41) is 4.07. The maximum atomic E-state index is 12.3. The molecule has 19 heavy (non-hydrogen) atoms. The van der Waals surface area contributed by atoms with Crippen molar-refractivity contribution in [3.63, 3.8) is 0 Å². The first-order valence-electron chi connectivity index (χ1n) is 7.89. The first kappa shape index (κ1) is 15.2. The molecule has 1 atom stereocenters. The van der Waals surface area contributed by atoms with Gasteiger partial charge in [-0.15, -0.1) is 11.8 Å². The Kier molecular flexibility index (Phi) is 6.51. The zero-order valence-electron chi connectivity index (χ0n) is 12.2. The molecule has 0 aromatic rings. The summed E-state index contributed by atoms with van der Waals surface area (Å²) >= 11 is 1.88. The topological polar surface area (TPSA) is 32.3 Å². The van der Waals surface area contributed by atoms with Crippen LogP contribution in [0.2, 0.25) is 0 Å². The number of hydrogen-bond acceptors (Lipinski definition) is 3. The molecule has 2 saturated heterocycles. The molecule has 3 nitrogen and oxygen atoms in total. The van der Waals surface area contributed by atoms with Gasteiger partial charge >= 0.3 is 0 Å². The fourth-order valence-corrected chi connectivity index (χ4v) is 4.20. The van der Waals surface area contributed by atoms with E-state index in [4.69, 9.17) is 0 Å². The summed E-state index contributed by atoms with van der Waals surface area (Å²) in [6.07, 6.45) is 7.42. The van der Waals surface area contributed by atoms with Crippen LogP contribution < -0.4 is 5.32 Å². The van der Waals surface area contributed by atoms with Crippen molar-refractivity contribution in [1.82, 2.24) is 10.2 Å². The molecule has 2 aliphatic heterocycles. The molecule has 4 heteroatoms. The molecule has 2 aliphatic rings. The maximum Gasteiger partial charge on any atom is 0.232 e. The molecule has 1 unspecified atom stereocenters. The molecule has 2 rings (SSSR count). The molecule has 1 N–H and O–H groups in total. The number of nitrogens with zero attached hydrogens (tertiary/aromatic N) is 1. The van der Waals surface area contributed by atoms with E-state index in [1.807, 2.05) is 11.8 Å². The minimum Gasteiger partial charge on any atom is -0.342 e. The number of hydrogen-bond donors (Lipinski definition) is 1. The van der Waals surface area contributed by atoms with Crippen molar-refractivity contribution < 1.29 is 4.79 Å². The number of amides is 1. The number of carbonyl (C=O) groups is 1. The lowest BCUT2D eigenvalue weighted by molar-refractivity contribution is -0.128. The normalized spacial score (nSPS) is 26.2. The average molecular weight is 284 g/mol. The Bertz CT molecular complexity index is 279. The molecule has 0 saturated carbocycles. The van der Waals surface area contributed by atoms with Gasteiger partial charge in [0.1, 0.15) is 0 Å². The van der Waals surface area contributed by atoms with Crippen molar-refractivity contribution in [3.8, 4) is 0 Å². The second-order valence-electron chi connectivity index (χ2n) is 5.85. The summed E-state index contributed by atoms with van der Waals surface area (Å²) in [5.74, 6) is 1.91. The third-order valence-electron chi connectivity index (χ3n) is 4.51. The minimum absolute atomic E-state index is 0.375. The third-order valence-corrected chi connectivity index (χ3v) is 5.86. The Labute approximate surface area is 121 Å². The number of rotatable bonds is 4. The van der Waals surface area contributed by atoms with Gasteiger partial charge in [-0.1, -0.05) is 13.3 Å². The largest absolute Gasteiger partial charge is 0.342 e. The molecule has 1 amide bonds. The molecule has 2 heterocycles. The van der Waals surface area contributed by atoms with Crippen LogP contribution in [0.4, 0.5) is 0 Å². The van der Waals surface area contributed by atoms with E-state index in [9.17, 15) is 4.79 Å². The van der Waals surface area contributed by atoms with Gasteiger partial charge in [-0.3, -0.25) is 4.79 Å². The number of thioether (sulfide) groups is 1. The summed E-state index contributed by atoms with van der Waals surface area (Å²) in [4.78, 5) is 14.4. The average Bonchev–Trinajstić information content (AvgIpc) is 2.71. The van der Waals surface area contributed by atoms with Gasteiger partial charge in [0, 0.05) is 18.3 Å². The van der Waals surface area contributed by atoms with Gasteiger partial charge < -0.3 is 10.2 Å². The Morgan fingerprint density at radius 2 is 2.00 bits per heavy atom. The van der Waals surface area contributed by atoms with Crippen molar-refractivity contribution in [2.45, 2.75) is 50.7 Å². The molecule has 0 spiro atoms. The number of nitrogens with one attached hydrogen (secondary N) is 1. The van der Waals surface area contributed by atoms with Crippen LogP contribution in [0.3, 0.4) is 0 Å². The van der Waals surface area contributed by atoms with Gasteiger partial charge in [0.2, 0.25) is 5.91 Å².